The number of carbonyl (C=O) groups excluding carboxylic acids is 1. The van der Waals surface area contributed by atoms with Gasteiger partial charge >= 0.3 is 5.97 Å². The summed E-state index contributed by atoms with van der Waals surface area (Å²) in [5.41, 5.74) is 2.24. The fraction of sp³-hybridized carbons (Fsp3) is 0.188. The van der Waals surface area contributed by atoms with Crippen LogP contribution in [0.15, 0.2) is 43.0 Å². The molecule has 0 bridgehead atoms. The van der Waals surface area contributed by atoms with Crippen molar-refractivity contribution in [3.63, 3.8) is 0 Å². The molecule has 1 heterocycles. The molecule has 0 spiro atoms. The van der Waals surface area contributed by atoms with Crippen molar-refractivity contribution < 1.29 is 19.8 Å². The Kier molecular flexibility index (Phi) is 5.55. The summed E-state index contributed by atoms with van der Waals surface area (Å²) in [6.07, 6.45) is 1.98. The third-order valence-electron chi connectivity index (χ3n) is 2.93. The van der Waals surface area contributed by atoms with E-state index in [0.717, 1.165) is 11.3 Å². The van der Waals surface area contributed by atoms with E-state index in [2.05, 4.69) is 6.58 Å². The van der Waals surface area contributed by atoms with Gasteiger partial charge in [-0.05, 0) is 11.1 Å². The Balaban J connectivity index is 1.72. The fourth-order valence-corrected chi connectivity index (χ4v) is 2.62. The van der Waals surface area contributed by atoms with Gasteiger partial charge in [0.05, 0.1) is 6.42 Å². The van der Waals surface area contributed by atoms with Crippen LogP contribution in [0.3, 0.4) is 0 Å². The van der Waals surface area contributed by atoms with E-state index >= 15 is 0 Å². The van der Waals surface area contributed by atoms with Crippen molar-refractivity contribution in [1.82, 2.24) is 4.73 Å². The average Bonchev–Trinajstić information content (AvgIpc) is 2.84. The van der Waals surface area contributed by atoms with Crippen molar-refractivity contribution in [2.45, 2.75) is 12.2 Å². The molecule has 0 radical (unpaired) electrons. The number of rotatable bonds is 7. The molecule has 0 unspecified atom stereocenters. The highest BCUT2D eigenvalue weighted by atomic mass is 32.2. The second kappa shape index (κ2) is 7.61. The van der Waals surface area contributed by atoms with Crippen LogP contribution in [0.25, 0.3) is 6.08 Å². The third-order valence-corrected chi connectivity index (χ3v) is 3.96. The second-order valence-electron chi connectivity index (χ2n) is 4.56. The molecule has 2 aromatic rings. The molecule has 0 aliphatic heterocycles. The van der Waals surface area contributed by atoms with Crippen LogP contribution >= 0.6 is 11.8 Å². The van der Waals surface area contributed by atoms with Crippen LogP contribution in [0.5, 0.6) is 11.8 Å². The van der Waals surface area contributed by atoms with Gasteiger partial charge in [-0.2, -0.15) is 11.8 Å². The molecule has 0 saturated carbocycles. The van der Waals surface area contributed by atoms with E-state index in [1.807, 2.05) is 24.3 Å². The first-order valence-corrected chi connectivity index (χ1v) is 7.85. The molecular weight excluding hydrogens is 302 g/mol. The Morgan fingerprint density at radius 3 is 2.41 bits per heavy atom. The Morgan fingerprint density at radius 2 is 1.82 bits per heavy atom. The number of hydrogen-bond acceptors (Lipinski definition) is 5. The smallest absolute Gasteiger partial charge is 0.334 e. The predicted octanol–water partition coefficient (Wildman–Crippen LogP) is 2.82. The molecule has 0 aliphatic carbocycles. The zero-order valence-corrected chi connectivity index (χ0v) is 12.8. The number of hydrogen-bond donors (Lipinski definition) is 2. The lowest BCUT2D eigenvalue weighted by atomic mass is 10.1. The maximum atomic E-state index is 11.6. The largest absolute Gasteiger partial charge is 0.492 e. The summed E-state index contributed by atoms with van der Waals surface area (Å²) in [4.78, 5) is 16.5. The Morgan fingerprint density at radius 1 is 1.18 bits per heavy atom. The van der Waals surface area contributed by atoms with E-state index in [0.29, 0.717) is 10.5 Å². The minimum atomic E-state index is -0.517. The lowest BCUT2D eigenvalue weighted by molar-refractivity contribution is -0.144. The highest BCUT2D eigenvalue weighted by Gasteiger charge is 2.11. The fourth-order valence-electron chi connectivity index (χ4n) is 1.74. The van der Waals surface area contributed by atoms with Crippen LogP contribution in [0.2, 0.25) is 0 Å². The molecule has 116 valence electrons. The van der Waals surface area contributed by atoms with Crippen LogP contribution in [0.4, 0.5) is 0 Å². The van der Waals surface area contributed by atoms with Crippen molar-refractivity contribution in [3.05, 3.63) is 54.1 Å². The summed E-state index contributed by atoms with van der Waals surface area (Å²) in [5.74, 6) is 0.230. The molecular formula is C16H17NO4S. The van der Waals surface area contributed by atoms with Gasteiger partial charge in [0.15, 0.2) is 0 Å². The SMILES string of the molecule is C=Cc1ccc(CSCCC(=O)On2c(O)ccc2O)cc1. The molecule has 22 heavy (non-hydrogen) atoms. The second-order valence-corrected chi connectivity index (χ2v) is 5.66. The highest BCUT2D eigenvalue weighted by Crippen LogP contribution is 2.19. The maximum Gasteiger partial charge on any atom is 0.334 e. The van der Waals surface area contributed by atoms with Crippen LogP contribution in [-0.4, -0.2) is 26.7 Å². The van der Waals surface area contributed by atoms with Gasteiger partial charge in [-0.25, -0.2) is 4.79 Å². The van der Waals surface area contributed by atoms with Gasteiger partial charge in [-0.3, -0.25) is 0 Å². The normalized spacial score (nSPS) is 10.4. The van der Waals surface area contributed by atoms with Crippen molar-refractivity contribution in [1.29, 1.82) is 0 Å². The summed E-state index contributed by atoms with van der Waals surface area (Å²) in [6.45, 7) is 3.70. The minimum Gasteiger partial charge on any atom is -0.492 e. The Hall–Kier alpha value is -2.34. The summed E-state index contributed by atoms with van der Waals surface area (Å²) in [5, 5.41) is 18.7. The standard InChI is InChI=1S/C16H17NO4S/c1-2-12-3-5-13(6-4-12)11-22-10-9-16(20)21-17-14(18)7-8-15(17)19/h2-8,18-19H,1,9-11H2. The number of nitrogens with zero attached hydrogens (tertiary/aromatic N) is 1. The van der Waals surface area contributed by atoms with E-state index in [4.69, 9.17) is 4.84 Å². The van der Waals surface area contributed by atoms with Crippen LogP contribution < -0.4 is 4.84 Å². The molecule has 2 rings (SSSR count). The van der Waals surface area contributed by atoms with E-state index in [1.165, 1.54) is 17.7 Å². The minimum absolute atomic E-state index is 0.187. The van der Waals surface area contributed by atoms with E-state index < -0.39 is 5.97 Å². The first kappa shape index (κ1) is 16.0. The monoisotopic (exact) mass is 319 g/mol. The van der Waals surface area contributed by atoms with E-state index in [-0.39, 0.29) is 18.2 Å². The number of benzene rings is 1. The van der Waals surface area contributed by atoms with E-state index in [9.17, 15) is 15.0 Å². The summed E-state index contributed by atoms with van der Waals surface area (Å²) >= 11 is 1.61. The number of aromatic nitrogens is 1. The number of carbonyl (C=O) groups is 1. The first-order valence-electron chi connectivity index (χ1n) is 6.70. The van der Waals surface area contributed by atoms with Gasteiger partial charge in [0, 0.05) is 23.6 Å². The van der Waals surface area contributed by atoms with Gasteiger partial charge in [-0.1, -0.05) is 36.9 Å². The van der Waals surface area contributed by atoms with Gasteiger partial charge in [0.25, 0.3) is 0 Å². The van der Waals surface area contributed by atoms with Crippen molar-refractivity contribution in [2.24, 2.45) is 0 Å². The summed E-state index contributed by atoms with van der Waals surface area (Å²) in [7, 11) is 0. The molecule has 0 aliphatic rings. The van der Waals surface area contributed by atoms with Gasteiger partial charge in [0.2, 0.25) is 11.8 Å². The summed E-state index contributed by atoms with van der Waals surface area (Å²) in [6, 6.07) is 10.5. The lowest BCUT2D eigenvalue weighted by Crippen LogP contribution is -2.19. The zero-order valence-electron chi connectivity index (χ0n) is 11.9. The molecule has 1 aromatic heterocycles. The highest BCUT2D eigenvalue weighted by molar-refractivity contribution is 7.98. The van der Waals surface area contributed by atoms with Crippen molar-refractivity contribution >= 4 is 23.8 Å². The lowest BCUT2D eigenvalue weighted by Gasteiger charge is -2.07. The third kappa shape index (κ3) is 4.33. The Labute approximate surface area is 132 Å². The van der Waals surface area contributed by atoms with Crippen LogP contribution in [0.1, 0.15) is 17.5 Å². The summed E-state index contributed by atoms with van der Waals surface area (Å²) < 4.78 is 0.695. The molecule has 0 atom stereocenters. The molecule has 5 nitrogen and oxygen atoms in total. The van der Waals surface area contributed by atoms with Crippen LogP contribution in [-0.2, 0) is 10.5 Å². The van der Waals surface area contributed by atoms with Gasteiger partial charge < -0.3 is 15.1 Å². The maximum absolute atomic E-state index is 11.6. The molecule has 0 amide bonds. The average molecular weight is 319 g/mol. The molecule has 0 saturated heterocycles. The topological polar surface area (TPSA) is 71.7 Å². The Bertz CT molecular complexity index is 629. The van der Waals surface area contributed by atoms with Gasteiger partial charge in [-0.15, -0.1) is 4.73 Å². The van der Waals surface area contributed by atoms with E-state index in [1.54, 1.807) is 17.8 Å². The molecule has 2 N–H and O–H groups in total. The first-order chi connectivity index (χ1) is 10.6. The number of thioether (sulfide) groups is 1. The molecule has 1 aromatic carbocycles. The molecule has 0 fully saturated rings. The predicted molar refractivity (Wildman–Crippen MR) is 86.7 cm³/mol. The van der Waals surface area contributed by atoms with Crippen molar-refractivity contribution in [3.8, 4) is 11.8 Å². The number of aromatic hydroxyl groups is 2. The van der Waals surface area contributed by atoms with Gasteiger partial charge in [0.1, 0.15) is 0 Å². The van der Waals surface area contributed by atoms with Crippen LogP contribution in [0, 0.1) is 0 Å². The molecule has 6 heteroatoms. The zero-order chi connectivity index (χ0) is 15.9. The quantitative estimate of drug-likeness (QED) is 0.768. The van der Waals surface area contributed by atoms with Crippen molar-refractivity contribution in [2.75, 3.05) is 5.75 Å².